The number of rotatable bonds is 2. The summed E-state index contributed by atoms with van der Waals surface area (Å²) in [6.07, 6.45) is 4.27. The summed E-state index contributed by atoms with van der Waals surface area (Å²) in [6, 6.07) is 0. The van der Waals surface area contributed by atoms with Gasteiger partial charge in [-0.1, -0.05) is 13.8 Å². The minimum absolute atomic E-state index is 0.545. The van der Waals surface area contributed by atoms with Crippen LogP contribution >= 0.6 is 0 Å². The van der Waals surface area contributed by atoms with Crippen LogP contribution < -0.4 is 5.73 Å². The van der Waals surface area contributed by atoms with E-state index < -0.39 is 0 Å². The molecule has 74 valence electrons. The summed E-state index contributed by atoms with van der Waals surface area (Å²) in [6.45, 7) is 4.28. The molecule has 0 radical (unpaired) electrons. The molecule has 5 nitrogen and oxygen atoms in total. The van der Waals surface area contributed by atoms with E-state index in [2.05, 4.69) is 29.0 Å². The van der Waals surface area contributed by atoms with Crippen molar-refractivity contribution in [1.29, 1.82) is 0 Å². The van der Waals surface area contributed by atoms with Crippen molar-refractivity contribution in [3.05, 3.63) is 18.2 Å². The van der Waals surface area contributed by atoms with Crippen LogP contribution in [0.25, 0.3) is 5.78 Å². The fourth-order valence-electron chi connectivity index (χ4n) is 1.35. The summed E-state index contributed by atoms with van der Waals surface area (Å²) >= 11 is 0. The maximum absolute atomic E-state index is 5.64. The Bertz CT molecular complexity index is 445. The maximum Gasteiger partial charge on any atom is 0.255 e. The van der Waals surface area contributed by atoms with Crippen molar-refractivity contribution in [2.45, 2.75) is 20.3 Å². The number of anilines is 1. The summed E-state index contributed by atoms with van der Waals surface area (Å²) < 4.78 is 1.84. The molecule has 0 aliphatic heterocycles. The van der Waals surface area contributed by atoms with Crippen LogP contribution in [0.5, 0.6) is 0 Å². The second-order valence-corrected chi connectivity index (χ2v) is 3.77. The molecule has 2 N–H and O–H groups in total. The minimum atomic E-state index is 0.545. The predicted molar refractivity (Wildman–Crippen MR) is 53.7 cm³/mol. The molecule has 0 aliphatic carbocycles. The van der Waals surface area contributed by atoms with E-state index in [0.717, 1.165) is 12.2 Å². The van der Waals surface area contributed by atoms with Crippen LogP contribution in [0.3, 0.4) is 0 Å². The number of nitrogen functional groups attached to an aromatic ring is 1. The average molecular weight is 191 g/mol. The molecule has 0 saturated carbocycles. The van der Waals surface area contributed by atoms with Gasteiger partial charge in [-0.3, -0.25) is 4.40 Å². The lowest BCUT2D eigenvalue weighted by Crippen LogP contribution is -2.02. The zero-order chi connectivity index (χ0) is 10.1. The molecule has 2 aromatic heterocycles. The molecule has 14 heavy (non-hydrogen) atoms. The highest BCUT2D eigenvalue weighted by Gasteiger charge is 2.07. The first-order valence-electron chi connectivity index (χ1n) is 4.62. The fraction of sp³-hybridized carbons (Fsp3) is 0.444. The van der Waals surface area contributed by atoms with Crippen molar-refractivity contribution >= 4 is 11.5 Å². The molecular formula is C9H13N5. The summed E-state index contributed by atoms with van der Waals surface area (Å²) in [4.78, 5) is 4.07. The van der Waals surface area contributed by atoms with Crippen LogP contribution in [0.2, 0.25) is 0 Å². The second kappa shape index (κ2) is 3.25. The van der Waals surface area contributed by atoms with Crippen molar-refractivity contribution < 1.29 is 0 Å². The normalized spacial score (nSPS) is 11.4. The number of aromatic nitrogens is 4. The van der Waals surface area contributed by atoms with Crippen molar-refractivity contribution in [2.75, 3.05) is 5.73 Å². The third kappa shape index (κ3) is 1.53. The van der Waals surface area contributed by atoms with Gasteiger partial charge in [-0.2, -0.15) is 0 Å². The smallest absolute Gasteiger partial charge is 0.255 e. The van der Waals surface area contributed by atoms with E-state index in [1.165, 1.54) is 0 Å². The van der Waals surface area contributed by atoms with E-state index in [0.29, 0.717) is 17.4 Å². The lowest BCUT2D eigenvalue weighted by atomic mass is 10.1. The van der Waals surface area contributed by atoms with Gasteiger partial charge in [-0.15, -0.1) is 10.2 Å². The molecule has 0 atom stereocenters. The van der Waals surface area contributed by atoms with Gasteiger partial charge in [0.15, 0.2) is 0 Å². The Balaban J connectivity index is 2.50. The molecule has 2 rings (SSSR count). The standard InChI is InChI=1S/C9H13N5/c1-6(2)3-8-12-13-9-11-4-7(10)5-14(8)9/h4-6H,3,10H2,1-2H3. The van der Waals surface area contributed by atoms with Gasteiger partial charge in [0.25, 0.3) is 5.78 Å². The zero-order valence-corrected chi connectivity index (χ0v) is 8.31. The van der Waals surface area contributed by atoms with Gasteiger partial charge in [0.05, 0.1) is 11.9 Å². The molecule has 0 amide bonds. The van der Waals surface area contributed by atoms with Gasteiger partial charge >= 0.3 is 0 Å². The molecule has 0 aromatic carbocycles. The molecule has 0 unspecified atom stereocenters. The molecule has 0 spiro atoms. The molecule has 5 heteroatoms. The fourth-order valence-corrected chi connectivity index (χ4v) is 1.35. The molecule has 0 bridgehead atoms. The van der Waals surface area contributed by atoms with Crippen molar-refractivity contribution in [2.24, 2.45) is 5.92 Å². The highest BCUT2D eigenvalue weighted by atomic mass is 15.3. The van der Waals surface area contributed by atoms with E-state index in [4.69, 9.17) is 5.73 Å². The van der Waals surface area contributed by atoms with Crippen LogP contribution in [-0.2, 0) is 6.42 Å². The van der Waals surface area contributed by atoms with E-state index in [1.54, 1.807) is 12.4 Å². The van der Waals surface area contributed by atoms with Crippen molar-refractivity contribution in [1.82, 2.24) is 19.6 Å². The van der Waals surface area contributed by atoms with Gasteiger partial charge in [0.1, 0.15) is 5.82 Å². The highest BCUT2D eigenvalue weighted by Crippen LogP contribution is 2.08. The Morgan fingerprint density at radius 3 is 2.93 bits per heavy atom. The first-order chi connectivity index (χ1) is 6.66. The minimum Gasteiger partial charge on any atom is -0.396 e. The van der Waals surface area contributed by atoms with Crippen LogP contribution in [0.1, 0.15) is 19.7 Å². The third-order valence-electron chi connectivity index (χ3n) is 1.95. The average Bonchev–Trinajstić information content (AvgIpc) is 2.47. The van der Waals surface area contributed by atoms with Crippen LogP contribution in [0.4, 0.5) is 5.69 Å². The summed E-state index contributed by atoms with van der Waals surface area (Å²) in [7, 11) is 0. The zero-order valence-electron chi connectivity index (χ0n) is 8.31. The number of hydrogen-bond acceptors (Lipinski definition) is 4. The van der Waals surface area contributed by atoms with Gasteiger partial charge < -0.3 is 5.73 Å². The van der Waals surface area contributed by atoms with Crippen LogP contribution in [-0.4, -0.2) is 19.6 Å². The van der Waals surface area contributed by atoms with Gasteiger partial charge in [-0.05, 0) is 5.92 Å². The van der Waals surface area contributed by atoms with Gasteiger partial charge in [0, 0.05) is 12.6 Å². The van der Waals surface area contributed by atoms with E-state index in [1.807, 2.05) is 4.40 Å². The Hall–Kier alpha value is -1.65. The molecule has 2 aromatic rings. The molecular weight excluding hydrogens is 178 g/mol. The Morgan fingerprint density at radius 1 is 1.43 bits per heavy atom. The maximum atomic E-state index is 5.64. The van der Waals surface area contributed by atoms with Gasteiger partial charge in [0.2, 0.25) is 0 Å². The summed E-state index contributed by atoms with van der Waals surface area (Å²) in [5.41, 5.74) is 6.27. The first-order valence-corrected chi connectivity index (χ1v) is 4.62. The third-order valence-corrected chi connectivity index (χ3v) is 1.95. The second-order valence-electron chi connectivity index (χ2n) is 3.77. The summed E-state index contributed by atoms with van der Waals surface area (Å²) in [5.74, 6) is 2.06. The van der Waals surface area contributed by atoms with Gasteiger partial charge in [-0.25, -0.2) is 4.98 Å². The first kappa shape index (κ1) is 8.93. The van der Waals surface area contributed by atoms with Crippen molar-refractivity contribution in [3.63, 3.8) is 0 Å². The molecule has 2 heterocycles. The van der Waals surface area contributed by atoms with E-state index in [9.17, 15) is 0 Å². The lowest BCUT2D eigenvalue weighted by molar-refractivity contribution is 0.616. The topological polar surface area (TPSA) is 69.1 Å². The Morgan fingerprint density at radius 2 is 2.21 bits per heavy atom. The Labute approximate surface area is 82.0 Å². The highest BCUT2D eigenvalue weighted by molar-refractivity contribution is 5.39. The molecule has 0 aliphatic rings. The number of nitrogens with zero attached hydrogens (tertiary/aromatic N) is 4. The van der Waals surface area contributed by atoms with E-state index >= 15 is 0 Å². The van der Waals surface area contributed by atoms with E-state index in [-0.39, 0.29) is 0 Å². The number of nitrogens with two attached hydrogens (primary N) is 1. The molecule has 0 fully saturated rings. The Kier molecular flexibility index (Phi) is 2.07. The van der Waals surface area contributed by atoms with Crippen LogP contribution in [0, 0.1) is 5.92 Å². The number of hydrogen-bond donors (Lipinski definition) is 1. The quantitative estimate of drug-likeness (QED) is 0.765. The lowest BCUT2D eigenvalue weighted by Gasteiger charge is -2.02. The summed E-state index contributed by atoms with van der Waals surface area (Å²) in [5, 5.41) is 8.03. The van der Waals surface area contributed by atoms with Crippen LogP contribution in [0.15, 0.2) is 12.4 Å². The molecule has 0 saturated heterocycles. The monoisotopic (exact) mass is 191 g/mol. The van der Waals surface area contributed by atoms with Crippen molar-refractivity contribution in [3.8, 4) is 0 Å². The number of fused-ring (bicyclic) bond motifs is 1. The SMILES string of the molecule is CC(C)Cc1nnc2ncc(N)cn12. The largest absolute Gasteiger partial charge is 0.396 e. The predicted octanol–water partition coefficient (Wildman–Crippen LogP) is 0.905.